The Kier molecular flexibility index (Phi) is 5.34. The van der Waals surface area contributed by atoms with E-state index in [0.717, 1.165) is 11.5 Å². The number of thioether (sulfide) groups is 2. The fraction of sp³-hybridized carbons (Fsp3) is 0.222. The first-order valence-electron chi connectivity index (χ1n) is 4.27. The third kappa shape index (κ3) is 4.44. The summed E-state index contributed by atoms with van der Waals surface area (Å²) in [5, 5.41) is 3.68. The van der Waals surface area contributed by atoms with E-state index in [2.05, 4.69) is 5.10 Å². The van der Waals surface area contributed by atoms with Gasteiger partial charge in [-0.25, -0.2) is 4.39 Å². The minimum atomic E-state index is -0.187. The summed E-state index contributed by atoms with van der Waals surface area (Å²) in [6.45, 7) is 0. The lowest BCUT2D eigenvalue weighted by molar-refractivity contribution is 0.602. The van der Waals surface area contributed by atoms with E-state index in [0.29, 0.717) is 10.1 Å². The first kappa shape index (κ1) is 12.2. The van der Waals surface area contributed by atoms with Crippen molar-refractivity contribution in [2.75, 3.05) is 11.5 Å². The molecule has 15 heavy (non-hydrogen) atoms. The molecule has 0 fully saturated rings. The van der Waals surface area contributed by atoms with Gasteiger partial charge in [-0.1, -0.05) is 23.9 Å². The molecule has 0 aromatic heterocycles. The predicted molar refractivity (Wildman–Crippen MR) is 65.4 cm³/mol. The van der Waals surface area contributed by atoms with Crippen LogP contribution in [-0.2, 0) is 0 Å². The summed E-state index contributed by atoms with van der Waals surface area (Å²) in [7, 11) is 0. The van der Waals surface area contributed by atoms with Gasteiger partial charge in [-0.15, -0.1) is 11.8 Å². The van der Waals surface area contributed by atoms with Crippen LogP contribution in [0.4, 0.5) is 4.39 Å². The van der Waals surface area contributed by atoms with Crippen molar-refractivity contribution in [3.05, 3.63) is 30.1 Å². The molecule has 0 unspecified atom stereocenters. The summed E-state index contributed by atoms with van der Waals surface area (Å²) in [6.07, 6.45) is 0. The van der Waals surface area contributed by atoms with E-state index in [9.17, 15) is 4.39 Å². The third-order valence-electron chi connectivity index (χ3n) is 1.55. The fourth-order valence-corrected chi connectivity index (χ4v) is 2.45. The van der Waals surface area contributed by atoms with E-state index in [1.807, 2.05) is 6.07 Å². The van der Waals surface area contributed by atoms with E-state index in [1.165, 1.54) is 29.6 Å². The van der Waals surface area contributed by atoms with E-state index in [-0.39, 0.29) is 5.82 Å². The Morgan fingerprint density at radius 1 is 1.33 bits per heavy atom. The van der Waals surface area contributed by atoms with Gasteiger partial charge in [-0.3, -0.25) is 0 Å². The quantitative estimate of drug-likeness (QED) is 0.212. The highest BCUT2D eigenvalue weighted by atomic mass is 32.2. The monoisotopic (exact) mass is 245 g/mol. The highest BCUT2D eigenvalue weighted by Crippen LogP contribution is 2.21. The van der Waals surface area contributed by atoms with Gasteiger partial charge >= 0.3 is 0 Å². The molecule has 6 heteroatoms. The zero-order chi connectivity index (χ0) is 11.1. The van der Waals surface area contributed by atoms with Gasteiger partial charge in [0.2, 0.25) is 0 Å². The summed E-state index contributed by atoms with van der Waals surface area (Å²) < 4.78 is 13.1. The van der Waals surface area contributed by atoms with Crippen LogP contribution in [0.3, 0.4) is 0 Å². The molecule has 4 N–H and O–H groups in total. The van der Waals surface area contributed by atoms with Crippen molar-refractivity contribution >= 4 is 28.7 Å². The minimum Gasteiger partial charge on any atom is -0.377 e. The number of benzene rings is 1. The second kappa shape index (κ2) is 6.58. The number of hydrazone groups is 1. The fourth-order valence-electron chi connectivity index (χ4n) is 0.897. The normalized spacial score (nSPS) is 11.7. The standard InChI is InChI=1S/C9H12FN3S2/c10-7-3-1-2-4-8(7)14-5-6-15-9(11)13-12/h1-4H,5-6,12H2,(H2,11,13). The molecule has 0 aliphatic carbocycles. The molecule has 0 radical (unpaired) electrons. The minimum absolute atomic E-state index is 0.187. The summed E-state index contributed by atoms with van der Waals surface area (Å²) in [5.74, 6) is 6.30. The maximum Gasteiger partial charge on any atom is 0.177 e. The molecule has 0 heterocycles. The molecule has 1 aromatic carbocycles. The Labute approximate surface area is 96.5 Å². The van der Waals surface area contributed by atoms with Crippen LogP contribution in [0.5, 0.6) is 0 Å². The van der Waals surface area contributed by atoms with Gasteiger partial charge < -0.3 is 11.6 Å². The molecule has 0 aliphatic rings. The van der Waals surface area contributed by atoms with Crippen molar-refractivity contribution in [1.29, 1.82) is 0 Å². The Bertz CT molecular complexity index is 344. The van der Waals surface area contributed by atoms with Gasteiger partial charge in [0.15, 0.2) is 5.17 Å². The molecule has 0 aliphatic heterocycles. The van der Waals surface area contributed by atoms with Gasteiger partial charge in [-0.2, -0.15) is 5.10 Å². The SMILES string of the molecule is NN=C(N)SCCSc1ccccc1F. The van der Waals surface area contributed by atoms with Crippen LogP contribution < -0.4 is 11.6 Å². The third-order valence-corrected chi connectivity index (χ3v) is 3.67. The lowest BCUT2D eigenvalue weighted by Gasteiger charge is -2.02. The molecule has 1 aromatic rings. The molecule has 82 valence electrons. The van der Waals surface area contributed by atoms with Crippen molar-refractivity contribution in [1.82, 2.24) is 0 Å². The largest absolute Gasteiger partial charge is 0.377 e. The van der Waals surface area contributed by atoms with E-state index < -0.39 is 0 Å². The highest BCUT2D eigenvalue weighted by Gasteiger charge is 2.01. The van der Waals surface area contributed by atoms with Gasteiger partial charge in [0.1, 0.15) is 5.82 Å². The average Bonchev–Trinajstić information content (AvgIpc) is 2.26. The summed E-state index contributed by atoms with van der Waals surface area (Å²) >= 11 is 2.81. The van der Waals surface area contributed by atoms with Crippen molar-refractivity contribution < 1.29 is 4.39 Å². The molecule has 0 bridgehead atoms. The number of nitrogens with two attached hydrogens (primary N) is 2. The first-order valence-corrected chi connectivity index (χ1v) is 6.24. The second-order valence-electron chi connectivity index (χ2n) is 2.59. The molecule has 0 atom stereocenters. The van der Waals surface area contributed by atoms with Crippen LogP contribution in [0.25, 0.3) is 0 Å². The second-order valence-corrected chi connectivity index (χ2v) is 4.85. The Morgan fingerprint density at radius 3 is 2.73 bits per heavy atom. The summed E-state index contributed by atoms with van der Waals surface area (Å²) in [6, 6.07) is 6.69. The van der Waals surface area contributed by atoms with Crippen LogP contribution in [0, 0.1) is 5.82 Å². The Hall–Kier alpha value is -0.880. The van der Waals surface area contributed by atoms with Crippen LogP contribution in [-0.4, -0.2) is 16.7 Å². The Balaban J connectivity index is 2.29. The number of amidine groups is 1. The Morgan fingerprint density at radius 2 is 2.07 bits per heavy atom. The van der Waals surface area contributed by atoms with Crippen molar-refractivity contribution in [2.24, 2.45) is 16.7 Å². The van der Waals surface area contributed by atoms with Crippen LogP contribution in [0.1, 0.15) is 0 Å². The van der Waals surface area contributed by atoms with Crippen molar-refractivity contribution in [3.8, 4) is 0 Å². The molecule has 0 spiro atoms. The number of rotatable bonds is 4. The van der Waals surface area contributed by atoms with Crippen LogP contribution >= 0.6 is 23.5 Å². The van der Waals surface area contributed by atoms with Crippen LogP contribution in [0.2, 0.25) is 0 Å². The lowest BCUT2D eigenvalue weighted by Crippen LogP contribution is -2.10. The van der Waals surface area contributed by atoms with Crippen molar-refractivity contribution in [3.63, 3.8) is 0 Å². The van der Waals surface area contributed by atoms with Gasteiger partial charge in [0, 0.05) is 16.4 Å². The van der Waals surface area contributed by atoms with Gasteiger partial charge in [0.05, 0.1) is 0 Å². The van der Waals surface area contributed by atoms with Gasteiger partial charge in [0.25, 0.3) is 0 Å². The van der Waals surface area contributed by atoms with E-state index >= 15 is 0 Å². The number of halogens is 1. The topological polar surface area (TPSA) is 64.4 Å². The first-order chi connectivity index (χ1) is 7.24. The van der Waals surface area contributed by atoms with E-state index in [1.54, 1.807) is 12.1 Å². The average molecular weight is 245 g/mol. The number of hydrogen-bond donors (Lipinski definition) is 2. The smallest absolute Gasteiger partial charge is 0.177 e. The van der Waals surface area contributed by atoms with E-state index in [4.69, 9.17) is 11.6 Å². The zero-order valence-corrected chi connectivity index (χ0v) is 9.65. The summed E-state index contributed by atoms with van der Waals surface area (Å²) in [5.41, 5.74) is 5.39. The number of nitrogens with zero attached hydrogens (tertiary/aromatic N) is 1. The lowest BCUT2D eigenvalue weighted by atomic mass is 10.3. The maximum atomic E-state index is 13.1. The molecule has 0 saturated heterocycles. The van der Waals surface area contributed by atoms with Crippen LogP contribution in [0.15, 0.2) is 34.3 Å². The molecule has 3 nitrogen and oxygen atoms in total. The predicted octanol–water partition coefficient (Wildman–Crippen LogP) is 1.84. The zero-order valence-electron chi connectivity index (χ0n) is 8.02. The summed E-state index contributed by atoms with van der Waals surface area (Å²) in [4.78, 5) is 0.654. The maximum absolute atomic E-state index is 13.1. The molecular weight excluding hydrogens is 233 g/mol. The molecule has 1 rings (SSSR count). The highest BCUT2D eigenvalue weighted by molar-refractivity contribution is 8.14. The molecule has 0 saturated carbocycles. The van der Waals surface area contributed by atoms with Crippen molar-refractivity contribution in [2.45, 2.75) is 4.90 Å². The molecular formula is C9H12FN3S2. The number of hydrogen-bond acceptors (Lipinski definition) is 4. The van der Waals surface area contributed by atoms with Gasteiger partial charge in [-0.05, 0) is 12.1 Å². The molecule has 0 amide bonds.